The zero-order chi connectivity index (χ0) is 19.8. The van der Waals surface area contributed by atoms with E-state index in [0.717, 1.165) is 30.5 Å². The van der Waals surface area contributed by atoms with Crippen LogP contribution in [0.3, 0.4) is 0 Å². The largest absolute Gasteiger partial charge is 0.322 e. The molecule has 1 aliphatic heterocycles. The first-order valence-electron chi connectivity index (χ1n) is 9.80. The molecule has 3 amide bonds. The maximum absolute atomic E-state index is 12.9. The van der Waals surface area contributed by atoms with Crippen molar-refractivity contribution < 1.29 is 14.4 Å². The number of amides is 3. The molecular formula is C23H24N2O3. The summed E-state index contributed by atoms with van der Waals surface area (Å²) in [6.07, 6.45) is 2.51. The minimum Gasteiger partial charge on any atom is -0.322 e. The van der Waals surface area contributed by atoms with E-state index in [1.165, 1.54) is 4.90 Å². The zero-order valence-corrected chi connectivity index (χ0v) is 16.1. The number of para-hydroxylation sites is 1. The van der Waals surface area contributed by atoms with E-state index in [2.05, 4.69) is 12.2 Å². The lowest BCUT2D eigenvalue weighted by Crippen LogP contribution is -2.31. The Hall–Kier alpha value is -2.95. The minimum absolute atomic E-state index is 0.127. The van der Waals surface area contributed by atoms with Crippen LogP contribution in [-0.4, -0.2) is 17.7 Å². The summed E-state index contributed by atoms with van der Waals surface area (Å²) in [6.45, 7) is 4.06. The Morgan fingerprint density at radius 3 is 2.54 bits per heavy atom. The predicted octanol–water partition coefficient (Wildman–Crippen LogP) is 4.17. The SMILES string of the molecule is Cc1ccccc1NC(=O)c1cccc(N2C(=O)[C@H]3C[C@@H](C)CC[C@H]3C2=O)c1. The predicted molar refractivity (Wildman–Crippen MR) is 108 cm³/mol. The normalized spacial score (nSPS) is 24.2. The summed E-state index contributed by atoms with van der Waals surface area (Å²) >= 11 is 0. The van der Waals surface area contributed by atoms with E-state index in [4.69, 9.17) is 0 Å². The molecule has 1 aliphatic carbocycles. The number of nitrogens with one attached hydrogen (secondary N) is 1. The third kappa shape index (κ3) is 3.21. The highest BCUT2D eigenvalue weighted by Gasteiger charge is 2.50. The number of hydrogen-bond acceptors (Lipinski definition) is 3. The van der Waals surface area contributed by atoms with Gasteiger partial charge in [-0.25, -0.2) is 0 Å². The van der Waals surface area contributed by atoms with Gasteiger partial charge in [-0.05, 0) is 61.9 Å². The second-order valence-corrected chi connectivity index (χ2v) is 7.96. The molecule has 28 heavy (non-hydrogen) atoms. The molecule has 2 aliphatic rings. The number of aryl methyl sites for hydroxylation is 1. The standard InChI is InChI=1S/C23H24N2O3/c1-14-10-11-18-19(12-14)23(28)25(22(18)27)17-8-5-7-16(13-17)21(26)24-20-9-4-3-6-15(20)2/h3-9,13-14,18-19H,10-12H2,1-2H3,(H,24,26)/t14-,18+,19-/m0/s1. The lowest BCUT2D eigenvalue weighted by Gasteiger charge is -2.25. The zero-order valence-electron chi connectivity index (χ0n) is 16.1. The maximum atomic E-state index is 12.9. The van der Waals surface area contributed by atoms with Gasteiger partial charge in [0.2, 0.25) is 11.8 Å². The Bertz CT molecular complexity index is 952. The van der Waals surface area contributed by atoms with Crippen molar-refractivity contribution in [3.63, 3.8) is 0 Å². The van der Waals surface area contributed by atoms with Gasteiger partial charge in [0, 0.05) is 11.3 Å². The van der Waals surface area contributed by atoms with Crippen LogP contribution in [0.15, 0.2) is 48.5 Å². The monoisotopic (exact) mass is 376 g/mol. The molecule has 0 aromatic heterocycles. The Morgan fingerprint density at radius 2 is 1.75 bits per heavy atom. The molecule has 2 aromatic carbocycles. The van der Waals surface area contributed by atoms with E-state index in [1.54, 1.807) is 24.3 Å². The van der Waals surface area contributed by atoms with Gasteiger partial charge in [-0.15, -0.1) is 0 Å². The Morgan fingerprint density at radius 1 is 1.00 bits per heavy atom. The molecule has 2 fully saturated rings. The van der Waals surface area contributed by atoms with Gasteiger partial charge in [0.1, 0.15) is 0 Å². The van der Waals surface area contributed by atoms with E-state index in [-0.39, 0.29) is 29.6 Å². The first-order chi connectivity index (χ1) is 13.5. The van der Waals surface area contributed by atoms with Gasteiger partial charge < -0.3 is 5.32 Å². The van der Waals surface area contributed by atoms with E-state index < -0.39 is 0 Å². The van der Waals surface area contributed by atoms with Crippen molar-refractivity contribution in [2.45, 2.75) is 33.1 Å². The van der Waals surface area contributed by atoms with Crippen molar-refractivity contribution in [1.29, 1.82) is 0 Å². The minimum atomic E-state index is -0.263. The Labute approximate surface area is 164 Å². The van der Waals surface area contributed by atoms with Crippen LogP contribution in [0.4, 0.5) is 11.4 Å². The van der Waals surface area contributed by atoms with Crippen LogP contribution in [0.25, 0.3) is 0 Å². The van der Waals surface area contributed by atoms with Gasteiger partial charge in [-0.2, -0.15) is 0 Å². The fourth-order valence-electron chi connectivity index (χ4n) is 4.34. The summed E-state index contributed by atoms with van der Waals surface area (Å²) in [5.41, 5.74) is 2.61. The van der Waals surface area contributed by atoms with Crippen molar-refractivity contribution >= 4 is 29.1 Å². The highest BCUT2D eigenvalue weighted by molar-refractivity contribution is 6.22. The summed E-state index contributed by atoms with van der Waals surface area (Å²) < 4.78 is 0. The van der Waals surface area contributed by atoms with Crippen LogP contribution in [0.2, 0.25) is 0 Å². The lowest BCUT2D eigenvalue weighted by molar-refractivity contribution is -0.122. The highest BCUT2D eigenvalue weighted by Crippen LogP contribution is 2.42. The number of benzene rings is 2. The van der Waals surface area contributed by atoms with Crippen LogP contribution in [-0.2, 0) is 9.59 Å². The van der Waals surface area contributed by atoms with E-state index in [0.29, 0.717) is 17.2 Å². The quantitative estimate of drug-likeness (QED) is 0.818. The average Bonchev–Trinajstić information content (AvgIpc) is 2.93. The van der Waals surface area contributed by atoms with Gasteiger partial charge in [-0.1, -0.05) is 31.2 Å². The summed E-state index contributed by atoms with van der Waals surface area (Å²) in [6, 6.07) is 14.3. The van der Waals surface area contributed by atoms with Crippen molar-refractivity contribution in [1.82, 2.24) is 0 Å². The molecule has 2 aromatic rings. The number of rotatable bonds is 3. The Kier molecular flexibility index (Phi) is 4.75. The highest BCUT2D eigenvalue weighted by atomic mass is 16.2. The summed E-state index contributed by atoms with van der Waals surface area (Å²) in [7, 11) is 0. The summed E-state index contributed by atoms with van der Waals surface area (Å²) in [5.74, 6) is -0.490. The molecule has 5 heteroatoms. The number of nitrogens with zero attached hydrogens (tertiary/aromatic N) is 1. The fourth-order valence-corrected chi connectivity index (χ4v) is 4.34. The van der Waals surface area contributed by atoms with E-state index in [9.17, 15) is 14.4 Å². The molecular weight excluding hydrogens is 352 g/mol. The molecule has 0 radical (unpaired) electrons. The molecule has 0 spiro atoms. The number of hydrogen-bond donors (Lipinski definition) is 1. The number of fused-ring (bicyclic) bond motifs is 1. The maximum Gasteiger partial charge on any atom is 0.255 e. The smallest absolute Gasteiger partial charge is 0.255 e. The lowest BCUT2D eigenvalue weighted by atomic mass is 9.76. The average molecular weight is 376 g/mol. The van der Waals surface area contributed by atoms with Crippen molar-refractivity contribution in [2.24, 2.45) is 17.8 Å². The molecule has 1 saturated carbocycles. The van der Waals surface area contributed by atoms with Crippen LogP contribution in [0.1, 0.15) is 42.1 Å². The molecule has 144 valence electrons. The molecule has 1 saturated heterocycles. The van der Waals surface area contributed by atoms with Crippen LogP contribution >= 0.6 is 0 Å². The van der Waals surface area contributed by atoms with Crippen LogP contribution < -0.4 is 10.2 Å². The number of carbonyl (C=O) groups is 3. The van der Waals surface area contributed by atoms with Gasteiger partial charge in [-0.3, -0.25) is 19.3 Å². The molecule has 0 bridgehead atoms. The van der Waals surface area contributed by atoms with Crippen LogP contribution in [0, 0.1) is 24.7 Å². The fraction of sp³-hybridized carbons (Fsp3) is 0.348. The number of carbonyl (C=O) groups excluding carboxylic acids is 3. The van der Waals surface area contributed by atoms with Gasteiger partial charge in [0.15, 0.2) is 0 Å². The Balaban J connectivity index is 1.59. The molecule has 0 unspecified atom stereocenters. The molecule has 3 atom stereocenters. The van der Waals surface area contributed by atoms with Crippen molar-refractivity contribution in [3.8, 4) is 0 Å². The van der Waals surface area contributed by atoms with Crippen LogP contribution in [0.5, 0.6) is 0 Å². The molecule has 4 rings (SSSR count). The number of anilines is 2. The van der Waals surface area contributed by atoms with Crippen molar-refractivity contribution in [2.75, 3.05) is 10.2 Å². The number of imide groups is 1. The third-order valence-corrected chi connectivity index (χ3v) is 5.95. The first-order valence-corrected chi connectivity index (χ1v) is 9.80. The van der Waals surface area contributed by atoms with E-state index in [1.807, 2.05) is 31.2 Å². The first kappa shape index (κ1) is 18.4. The molecule has 1 N–H and O–H groups in total. The van der Waals surface area contributed by atoms with Gasteiger partial charge in [0.05, 0.1) is 17.5 Å². The van der Waals surface area contributed by atoms with E-state index >= 15 is 0 Å². The van der Waals surface area contributed by atoms with Gasteiger partial charge >= 0.3 is 0 Å². The van der Waals surface area contributed by atoms with Gasteiger partial charge in [0.25, 0.3) is 5.91 Å². The third-order valence-electron chi connectivity index (χ3n) is 5.95. The second kappa shape index (κ2) is 7.23. The summed E-state index contributed by atoms with van der Waals surface area (Å²) in [4.78, 5) is 39.8. The van der Waals surface area contributed by atoms with Crippen molar-refractivity contribution in [3.05, 3.63) is 59.7 Å². The molecule has 1 heterocycles. The second-order valence-electron chi connectivity index (χ2n) is 7.96. The molecule has 5 nitrogen and oxygen atoms in total. The topological polar surface area (TPSA) is 66.5 Å². The summed E-state index contributed by atoms with van der Waals surface area (Å²) in [5, 5.41) is 2.90.